The second-order valence-corrected chi connectivity index (χ2v) is 4.19. The molecule has 4 nitrogen and oxygen atoms in total. The van der Waals surface area contributed by atoms with Gasteiger partial charge in [0.1, 0.15) is 0 Å². The van der Waals surface area contributed by atoms with Crippen molar-refractivity contribution in [2.45, 2.75) is 16.9 Å². The molecule has 0 amide bonds. The quantitative estimate of drug-likeness (QED) is 0.390. The highest BCUT2D eigenvalue weighted by Gasteiger charge is 2.27. The third-order valence-corrected chi connectivity index (χ3v) is 1.50. The molecule has 6 heteroatoms. The van der Waals surface area contributed by atoms with E-state index in [1.807, 2.05) is 0 Å². The Kier molecular flexibility index (Phi) is 3.74. The zero-order valence-electron chi connectivity index (χ0n) is 5.52. The van der Waals surface area contributed by atoms with Crippen LogP contribution in [0.25, 0.3) is 0 Å². The number of carboxylic acids is 2. The zero-order valence-corrected chi connectivity index (χ0v) is 7.31. The highest BCUT2D eigenvalue weighted by molar-refractivity contribution is 8.00. The maximum absolute atomic E-state index is 10.1. The standard InChI is InChI=1S/C5H8O4S2/c6-3(7)1-5(10,11)2-4(8)9/h10-11H,1-2H2,(H,6,7)(H,8,9). The summed E-state index contributed by atoms with van der Waals surface area (Å²) in [6.07, 6.45) is -0.767. The van der Waals surface area contributed by atoms with Gasteiger partial charge in [-0.1, -0.05) is 0 Å². The second kappa shape index (κ2) is 3.87. The van der Waals surface area contributed by atoms with E-state index in [1.54, 1.807) is 0 Å². The molecule has 11 heavy (non-hydrogen) atoms. The van der Waals surface area contributed by atoms with Crippen LogP contribution in [0.2, 0.25) is 0 Å². The lowest BCUT2D eigenvalue weighted by molar-refractivity contribution is -0.138. The first-order chi connectivity index (χ1) is 4.83. The molecule has 0 saturated carbocycles. The van der Waals surface area contributed by atoms with Crippen LogP contribution in [0.5, 0.6) is 0 Å². The first-order valence-electron chi connectivity index (χ1n) is 2.72. The van der Waals surface area contributed by atoms with Crippen LogP contribution in [0, 0.1) is 0 Å². The van der Waals surface area contributed by atoms with Crippen LogP contribution < -0.4 is 0 Å². The summed E-state index contributed by atoms with van der Waals surface area (Å²) in [6.45, 7) is 0. The summed E-state index contributed by atoms with van der Waals surface area (Å²) in [5, 5.41) is 16.5. The van der Waals surface area contributed by atoms with Gasteiger partial charge in [-0.2, -0.15) is 25.3 Å². The summed E-state index contributed by atoms with van der Waals surface area (Å²) in [6, 6.07) is 0. The van der Waals surface area contributed by atoms with Crippen molar-refractivity contribution in [3.8, 4) is 0 Å². The van der Waals surface area contributed by atoms with Crippen molar-refractivity contribution in [3.63, 3.8) is 0 Å². The lowest BCUT2D eigenvalue weighted by atomic mass is 10.2. The van der Waals surface area contributed by atoms with Gasteiger partial charge < -0.3 is 10.2 Å². The van der Waals surface area contributed by atoms with E-state index in [0.717, 1.165) is 0 Å². The highest BCUT2D eigenvalue weighted by Crippen LogP contribution is 2.27. The van der Waals surface area contributed by atoms with E-state index in [9.17, 15) is 9.59 Å². The molecule has 0 bridgehead atoms. The van der Waals surface area contributed by atoms with Gasteiger partial charge in [-0.25, -0.2) is 0 Å². The largest absolute Gasteiger partial charge is 0.481 e. The fourth-order valence-corrected chi connectivity index (χ4v) is 1.09. The van der Waals surface area contributed by atoms with Crippen LogP contribution >= 0.6 is 25.3 Å². The van der Waals surface area contributed by atoms with Crippen LogP contribution in [-0.2, 0) is 9.59 Å². The Morgan fingerprint density at radius 3 is 1.55 bits per heavy atom. The summed E-state index contributed by atoms with van der Waals surface area (Å²) >= 11 is 7.54. The van der Waals surface area contributed by atoms with Crippen molar-refractivity contribution in [2.75, 3.05) is 0 Å². The average Bonchev–Trinajstić information content (AvgIpc) is 1.53. The van der Waals surface area contributed by atoms with Gasteiger partial charge in [0.05, 0.1) is 16.9 Å². The third-order valence-electron chi connectivity index (χ3n) is 0.869. The fraction of sp³-hybridized carbons (Fsp3) is 0.600. The number of carboxylic acid groups (broad SMARTS) is 2. The smallest absolute Gasteiger partial charge is 0.305 e. The molecule has 0 rings (SSSR count). The Bertz CT molecular complexity index is 159. The Balaban J connectivity index is 3.99. The van der Waals surface area contributed by atoms with Gasteiger partial charge in [0, 0.05) is 0 Å². The number of hydrogen-bond donors (Lipinski definition) is 4. The lowest BCUT2D eigenvalue weighted by Crippen LogP contribution is -2.22. The van der Waals surface area contributed by atoms with Crippen LogP contribution in [0.1, 0.15) is 12.8 Å². The van der Waals surface area contributed by atoms with Crippen molar-refractivity contribution >= 4 is 37.2 Å². The molecule has 0 unspecified atom stereocenters. The van der Waals surface area contributed by atoms with Gasteiger partial charge in [0.15, 0.2) is 0 Å². The molecule has 0 atom stereocenters. The molecular formula is C5H8O4S2. The molecule has 2 N–H and O–H groups in total. The topological polar surface area (TPSA) is 74.6 Å². The average molecular weight is 196 g/mol. The number of hydrogen-bond acceptors (Lipinski definition) is 4. The monoisotopic (exact) mass is 196 g/mol. The van der Waals surface area contributed by atoms with E-state index in [4.69, 9.17) is 10.2 Å². The minimum absolute atomic E-state index is 0.383. The molecule has 64 valence electrons. The Hall–Kier alpha value is -0.360. The fourth-order valence-electron chi connectivity index (χ4n) is 0.547. The molecular weight excluding hydrogens is 188 g/mol. The molecule has 0 aromatic carbocycles. The summed E-state index contributed by atoms with van der Waals surface area (Å²) in [4.78, 5) is 20.2. The van der Waals surface area contributed by atoms with Crippen LogP contribution in [0.15, 0.2) is 0 Å². The maximum Gasteiger partial charge on any atom is 0.305 e. The number of carbonyl (C=O) groups is 2. The second-order valence-electron chi connectivity index (χ2n) is 2.12. The number of thiol groups is 2. The van der Waals surface area contributed by atoms with Gasteiger partial charge in [-0.15, -0.1) is 0 Å². The normalized spacial score (nSPS) is 11.1. The first-order valence-corrected chi connectivity index (χ1v) is 3.61. The molecule has 0 heterocycles. The van der Waals surface area contributed by atoms with Gasteiger partial charge >= 0.3 is 11.9 Å². The Morgan fingerprint density at radius 1 is 1.09 bits per heavy atom. The Labute approximate surface area is 74.4 Å². The molecule has 0 aliphatic carbocycles. The SMILES string of the molecule is O=C(O)CC(S)(S)CC(=O)O. The van der Waals surface area contributed by atoms with E-state index < -0.39 is 16.0 Å². The van der Waals surface area contributed by atoms with Crippen LogP contribution in [-0.4, -0.2) is 26.2 Å². The van der Waals surface area contributed by atoms with Crippen LogP contribution in [0.4, 0.5) is 0 Å². The van der Waals surface area contributed by atoms with Crippen molar-refractivity contribution in [1.29, 1.82) is 0 Å². The maximum atomic E-state index is 10.1. The molecule has 0 spiro atoms. The summed E-state index contributed by atoms with van der Waals surface area (Å²) in [5.41, 5.74) is 0. The molecule has 0 radical (unpaired) electrons. The van der Waals surface area contributed by atoms with E-state index in [2.05, 4.69) is 25.3 Å². The highest BCUT2D eigenvalue weighted by atomic mass is 32.2. The molecule has 0 fully saturated rings. The summed E-state index contributed by atoms with van der Waals surface area (Å²) < 4.78 is -1.27. The van der Waals surface area contributed by atoms with Gasteiger partial charge in [0.25, 0.3) is 0 Å². The van der Waals surface area contributed by atoms with Gasteiger partial charge in [-0.3, -0.25) is 9.59 Å². The molecule has 0 aliphatic rings. The molecule has 0 saturated heterocycles. The molecule has 0 aliphatic heterocycles. The zero-order chi connectivity index (χ0) is 9.07. The lowest BCUT2D eigenvalue weighted by Gasteiger charge is -2.16. The molecule has 0 aromatic rings. The van der Waals surface area contributed by atoms with Crippen molar-refractivity contribution in [3.05, 3.63) is 0 Å². The Morgan fingerprint density at radius 2 is 1.36 bits per heavy atom. The first kappa shape index (κ1) is 10.6. The third kappa shape index (κ3) is 6.05. The predicted octanol–water partition coefficient (Wildman–Crippen LogP) is 0.492. The summed E-state index contributed by atoms with van der Waals surface area (Å²) in [7, 11) is 0. The number of aliphatic carboxylic acids is 2. The minimum Gasteiger partial charge on any atom is -0.481 e. The van der Waals surface area contributed by atoms with Crippen LogP contribution in [0.3, 0.4) is 0 Å². The van der Waals surface area contributed by atoms with Crippen molar-refractivity contribution in [1.82, 2.24) is 0 Å². The predicted molar refractivity (Wildman–Crippen MR) is 45.2 cm³/mol. The van der Waals surface area contributed by atoms with Crippen molar-refractivity contribution in [2.24, 2.45) is 0 Å². The van der Waals surface area contributed by atoms with E-state index in [-0.39, 0.29) is 12.8 Å². The van der Waals surface area contributed by atoms with E-state index in [1.165, 1.54) is 0 Å². The number of rotatable bonds is 4. The van der Waals surface area contributed by atoms with Crippen molar-refractivity contribution < 1.29 is 19.8 Å². The van der Waals surface area contributed by atoms with Gasteiger partial charge in [-0.05, 0) is 0 Å². The molecule has 0 aromatic heterocycles. The van der Waals surface area contributed by atoms with Gasteiger partial charge in [0.2, 0.25) is 0 Å². The summed E-state index contributed by atoms with van der Waals surface area (Å²) in [5.74, 6) is -2.23. The van der Waals surface area contributed by atoms with E-state index >= 15 is 0 Å². The van der Waals surface area contributed by atoms with E-state index in [0.29, 0.717) is 0 Å². The minimum atomic E-state index is -1.27.